The van der Waals surface area contributed by atoms with E-state index in [1.807, 2.05) is 11.8 Å². The first-order valence-corrected chi connectivity index (χ1v) is 14.3. The molecule has 9 heteroatoms. The van der Waals surface area contributed by atoms with Crippen LogP contribution in [-0.4, -0.2) is 73.7 Å². The van der Waals surface area contributed by atoms with Gasteiger partial charge in [0.1, 0.15) is 4.21 Å². The van der Waals surface area contributed by atoms with E-state index >= 15 is 0 Å². The Morgan fingerprint density at radius 3 is 2.23 bits per heavy atom. The average molecular weight is 488 g/mol. The average Bonchev–Trinajstić information content (AvgIpc) is 3.26. The fraction of sp³-hybridized carbons (Fsp3) is 0.773. The molecule has 0 bridgehead atoms. The molecule has 1 saturated carbocycles. The molecule has 1 aromatic rings. The molecule has 1 atom stereocenters. The topological polar surface area (TPSA) is 60.9 Å². The molecule has 0 spiro atoms. The summed E-state index contributed by atoms with van der Waals surface area (Å²) in [7, 11) is -3.48. The maximum absolute atomic E-state index is 13.1. The van der Waals surface area contributed by atoms with Crippen molar-refractivity contribution in [1.29, 1.82) is 0 Å². The SMILES string of the molecule is C[C@@H](C(=O)N1CCN(C2CCCCC2)CC1)C1CCN(S(=O)(=O)c2ccc(Cl)s2)CC1. The molecular weight excluding hydrogens is 454 g/mol. The van der Waals surface area contributed by atoms with Gasteiger partial charge in [-0.15, -0.1) is 11.3 Å². The number of rotatable bonds is 5. The lowest BCUT2D eigenvalue weighted by atomic mass is 9.85. The van der Waals surface area contributed by atoms with Crippen molar-refractivity contribution in [2.24, 2.45) is 11.8 Å². The van der Waals surface area contributed by atoms with Crippen LogP contribution in [0.2, 0.25) is 4.34 Å². The lowest BCUT2D eigenvalue weighted by Gasteiger charge is -2.42. The predicted molar refractivity (Wildman–Crippen MR) is 125 cm³/mol. The Labute approximate surface area is 195 Å². The van der Waals surface area contributed by atoms with Gasteiger partial charge in [0.2, 0.25) is 5.91 Å². The summed E-state index contributed by atoms with van der Waals surface area (Å²) in [5.74, 6) is 0.430. The molecule has 3 heterocycles. The van der Waals surface area contributed by atoms with Crippen molar-refractivity contribution in [3.63, 3.8) is 0 Å². The smallest absolute Gasteiger partial charge is 0.252 e. The Kier molecular flexibility index (Phi) is 7.64. The fourth-order valence-corrected chi connectivity index (χ4v) is 8.53. The summed E-state index contributed by atoms with van der Waals surface area (Å²) in [6.07, 6.45) is 8.13. The molecule has 0 N–H and O–H groups in total. The highest BCUT2D eigenvalue weighted by Gasteiger charge is 2.36. The van der Waals surface area contributed by atoms with Gasteiger partial charge in [-0.3, -0.25) is 9.69 Å². The lowest BCUT2D eigenvalue weighted by Crippen LogP contribution is -2.54. The number of hydrogen-bond acceptors (Lipinski definition) is 5. The van der Waals surface area contributed by atoms with Crippen LogP contribution in [0.5, 0.6) is 0 Å². The van der Waals surface area contributed by atoms with Crippen LogP contribution in [0.3, 0.4) is 0 Å². The fourth-order valence-electron chi connectivity index (χ4n) is 5.42. The first-order chi connectivity index (χ1) is 14.9. The van der Waals surface area contributed by atoms with E-state index in [1.165, 1.54) is 32.1 Å². The van der Waals surface area contributed by atoms with Crippen molar-refractivity contribution in [2.45, 2.75) is 62.1 Å². The number of sulfonamides is 1. The Balaban J connectivity index is 1.27. The van der Waals surface area contributed by atoms with Crippen molar-refractivity contribution >= 4 is 38.9 Å². The molecule has 0 radical (unpaired) electrons. The Morgan fingerprint density at radius 2 is 1.65 bits per heavy atom. The number of amides is 1. The number of nitrogens with zero attached hydrogens (tertiary/aromatic N) is 3. The summed E-state index contributed by atoms with van der Waals surface area (Å²) in [5.41, 5.74) is 0. The van der Waals surface area contributed by atoms with E-state index in [0.29, 0.717) is 27.7 Å². The zero-order valence-electron chi connectivity index (χ0n) is 18.3. The van der Waals surface area contributed by atoms with Crippen molar-refractivity contribution in [1.82, 2.24) is 14.1 Å². The third-order valence-electron chi connectivity index (χ3n) is 7.45. The van der Waals surface area contributed by atoms with Gasteiger partial charge in [-0.25, -0.2) is 8.42 Å². The minimum Gasteiger partial charge on any atom is -0.340 e. The Morgan fingerprint density at radius 1 is 1.00 bits per heavy atom. The number of carbonyl (C=O) groups is 1. The maximum atomic E-state index is 13.1. The van der Waals surface area contributed by atoms with Gasteiger partial charge >= 0.3 is 0 Å². The molecule has 2 saturated heterocycles. The van der Waals surface area contributed by atoms with E-state index in [-0.39, 0.29) is 17.7 Å². The minimum absolute atomic E-state index is 0.0535. The predicted octanol–water partition coefficient (Wildman–Crippen LogP) is 3.92. The van der Waals surface area contributed by atoms with Crippen molar-refractivity contribution in [3.8, 4) is 0 Å². The first kappa shape index (κ1) is 23.5. The quantitative estimate of drug-likeness (QED) is 0.631. The maximum Gasteiger partial charge on any atom is 0.252 e. The van der Waals surface area contributed by atoms with Crippen LogP contribution in [-0.2, 0) is 14.8 Å². The highest BCUT2D eigenvalue weighted by molar-refractivity contribution is 7.91. The zero-order chi connectivity index (χ0) is 22.0. The third-order valence-corrected chi connectivity index (χ3v) is 11.1. The molecule has 1 amide bonds. The molecule has 3 fully saturated rings. The van der Waals surface area contributed by atoms with E-state index in [9.17, 15) is 13.2 Å². The van der Waals surface area contributed by atoms with Crippen molar-refractivity contribution in [3.05, 3.63) is 16.5 Å². The van der Waals surface area contributed by atoms with Gasteiger partial charge in [0.15, 0.2) is 0 Å². The zero-order valence-corrected chi connectivity index (χ0v) is 20.7. The molecule has 174 valence electrons. The van der Waals surface area contributed by atoms with Crippen LogP contribution in [0, 0.1) is 11.8 Å². The standard InChI is InChI=1S/C22H34ClN3O3S2/c1-17(22(27)25-15-13-24(14-16-25)19-5-3-2-4-6-19)18-9-11-26(12-10-18)31(28,29)21-8-7-20(23)30-21/h7-8,17-19H,2-6,9-16H2,1H3/t17-/m1/s1. The van der Waals surface area contributed by atoms with Gasteiger partial charge in [0.25, 0.3) is 10.0 Å². The van der Waals surface area contributed by atoms with E-state index in [4.69, 9.17) is 11.6 Å². The second kappa shape index (κ2) is 10.1. The largest absolute Gasteiger partial charge is 0.340 e. The highest BCUT2D eigenvalue weighted by Crippen LogP contribution is 2.33. The molecule has 1 aromatic heterocycles. The van der Waals surface area contributed by atoms with Crippen LogP contribution >= 0.6 is 22.9 Å². The van der Waals surface area contributed by atoms with E-state index < -0.39 is 10.0 Å². The van der Waals surface area contributed by atoms with Crippen molar-refractivity contribution in [2.75, 3.05) is 39.3 Å². The molecular formula is C22H34ClN3O3S2. The molecule has 4 rings (SSSR count). The van der Waals surface area contributed by atoms with Crippen LogP contribution in [0.1, 0.15) is 51.9 Å². The van der Waals surface area contributed by atoms with Crippen LogP contribution in [0.15, 0.2) is 16.3 Å². The van der Waals surface area contributed by atoms with Crippen LogP contribution < -0.4 is 0 Å². The second-order valence-corrected chi connectivity index (χ2v) is 13.1. The number of thiophene rings is 1. The number of carbonyl (C=O) groups excluding carboxylic acids is 1. The van der Waals surface area contributed by atoms with E-state index in [0.717, 1.165) is 50.4 Å². The molecule has 0 aromatic carbocycles. The number of piperazine rings is 1. The Hall–Kier alpha value is -0.670. The molecule has 3 aliphatic rings. The van der Waals surface area contributed by atoms with Gasteiger partial charge in [-0.1, -0.05) is 37.8 Å². The molecule has 0 unspecified atom stereocenters. The van der Waals surface area contributed by atoms with Crippen LogP contribution in [0.25, 0.3) is 0 Å². The molecule has 6 nitrogen and oxygen atoms in total. The summed E-state index contributed by atoms with van der Waals surface area (Å²) in [4.78, 5) is 17.8. The lowest BCUT2D eigenvalue weighted by molar-refractivity contribution is -0.139. The number of halogens is 1. The van der Waals surface area contributed by atoms with Gasteiger partial charge in [0, 0.05) is 51.2 Å². The van der Waals surface area contributed by atoms with Gasteiger partial charge < -0.3 is 4.90 Å². The third kappa shape index (κ3) is 5.29. The molecule has 1 aliphatic carbocycles. The van der Waals surface area contributed by atoms with Gasteiger partial charge in [-0.2, -0.15) is 4.31 Å². The van der Waals surface area contributed by atoms with E-state index in [1.54, 1.807) is 16.4 Å². The number of piperidine rings is 1. The Bertz CT molecular complexity index is 853. The number of hydrogen-bond donors (Lipinski definition) is 0. The highest BCUT2D eigenvalue weighted by atomic mass is 35.5. The molecule has 2 aliphatic heterocycles. The monoisotopic (exact) mass is 487 g/mol. The van der Waals surface area contributed by atoms with Gasteiger partial charge in [0.05, 0.1) is 4.34 Å². The summed E-state index contributed by atoms with van der Waals surface area (Å²) in [6, 6.07) is 3.92. The second-order valence-electron chi connectivity index (χ2n) is 9.24. The minimum atomic E-state index is -3.48. The summed E-state index contributed by atoms with van der Waals surface area (Å²) < 4.78 is 28.0. The van der Waals surface area contributed by atoms with E-state index in [2.05, 4.69) is 4.90 Å². The normalized spacial score (nSPS) is 24.4. The van der Waals surface area contributed by atoms with Crippen LogP contribution in [0.4, 0.5) is 0 Å². The van der Waals surface area contributed by atoms with Gasteiger partial charge in [-0.05, 0) is 43.7 Å². The van der Waals surface area contributed by atoms with Crippen molar-refractivity contribution < 1.29 is 13.2 Å². The summed E-state index contributed by atoms with van der Waals surface area (Å²) in [5, 5.41) is 0. The first-order valence-electron chi connectivity index (χ1n) is 11.6. The summed E-state index contributed by atoms with van der Waals surface area (Å²) >= 11 is 7.02. The summed E-state index contributed by atoms with van der Waals surface area (Å²) in [6.45, 7) is 6.60. The molecule has 31 heavy (non-hydrogen) atoms.